The van der Waals surface area contributed by atoms with E-state index in [-0.39, 0.29) is 11.5 Å². The van der Waals surface area contributed by atoms with E-state index in [4.69, 9.17) is 0 Å². The normalized spacial score (nSPS) is 10.2. The number of pyridine rings is 2. The molecule has 0 aliphatic rings. The number of nitrogens with zero attached hydrogens (tertiary/aromatic N) is 3. The monoisotopic (exact) mass is 292 g/mol. The van der Waals surface area contributed by atoms with E-state index < -0.39 is 4.92 Å². The van der Waals surface area contributed by atoms with Crippen molar-refractivity contribution < 1.29 is 4.92 Å². The number of nitrogens with one attached hydrogen (secondary N) is 1. The fourth-order valence-corrected chi connectivity index (χ4v) is 2.07. The van der Waals surface area contributed by atoms with Gasteiger partial charge in [-0.05, 0) is 30.3 Å². The van der Waals surface area contributed by atoms with Gasteiger partial charge in [-0.15, -0.1) is 0 Å². The predicted molar refractivity (Wildman–Crippen MR) is 83.8 cm³/mol. The first-order valence-electron chi connectivity index (χ1n) is 6.62. The highest BCUT2D eigenvalue weighted by molar-refractivity contribution is 5.70. The number of rotatable bonds is 4. The molecule has 0 amide bonds. The van der Waals surface area contributed by atoms with Crippen LogP contribution >= 0.6 is 0 Å². The highest BCUT2D eigenvalue weighted by Crippen LogP contribution is 2.27. The summed E-state index contributed by atoms with van der Waals surface area (Å²) >= 11 is 0. The quantitative estimate of drug-likeness (QED) is 0.584. The average molecular weight is 292 g/mol. The number of hydrogen-bond acceptors (Lipinski definition) is 5. The molecule has 0 radical (unpaired) electrons. The molecule has 2 aromatic heterocycles. The van der Waals surface area contributed by atoms with Crippen LogP contribution in [0.15, 0.2) is 67.0 Å². The van der Waals surface area contributed by atoms with Crippen molar-refractivity contribution in [2.24, 2.45) is 0 Å². The van der Waals surface area contributed by atoms with Gasteiger partial charge in [0.1, 0.15) is 0 Å². The predicted octanol–water partition coefficient (Wildman–Crippen LogP) is 3.80. The second kappa shape index (κ2) is 6.01. The van der Waals surface area contributed by atoms with E-state index in [0.29, 0.717) is 5.69 Å². The number of anilines is 2. The summed E-state index contributed by atoms with van der Waals surface area (Å²) in [6, 6.07) is 16.1. The van der Waals surface area contributed by atoms with Gasteiger partial charge in [-0.2, -0.15) is 0 Å². The molecule has 0 atom stereocenters. The average Bonchev–Trinajstić information content (AvgIpc) is 2.56. The standard InChI is InChI=1S/C16H12N4O2/c21-20(22)15-8-4-10-18-16(15)19-13-6-3-5-12(11-13)14-7-1-2-9-17-14/h1-11H,(H,18,19). The number of benzene rings is 1. The molecule has 1 N–H and O–H groups in total. The third kappa shape index (κ3) is 2.90. The highest BCUT2D eigenvalue weighted by atomic mass is 16.6. The lowest BCUT2D eigenvalue weighted by molar-refractivity contribution is -0.384. The van der Waals surface area contributed by atoms with Gasteiger partial charge < -0.3 is 5.32 Å². The van der Waals surface area contributed by atoms with Gasteiger partial charge in [0.2, 0.25) is 5.82 Å². The third-order valence-electron chi connectivity index (χ3n) is 3.07. The molecule has 3 rings (SSSR count). The van der Waals surface area contributed by atoms with E-state index in [9.17, 15) is 10.1 Å². The Morgan fingerprint density at radius 3 is 2.59 bits per heavy atom. The smallest absolute Gasteiger partial charge is 0.311 e. The van der Waals surface area contributed by atoms with Gasteiger partial charge in [0, 0.05) is 29.7 Å². The Hall–Kier alpha value is -3.28. The van der Waals surface area contributed by atoms with E-state index in [1.54, 1.807) is 6.20 Å². The van der Waals surface area contributed by atoms with E-state index in [2.05, 4.69) is 15.3 Å². The van der Waals surface area contributed by atoms with Crippen LogP contribution < -0.4 is 5.32 Å². The second-order valence-electron chi connectivity index (χ2n) is 4.55. The highest BCUT2D eigenvalue weighted by Gasteiger charge is 2.14. The summed E-state index contributed by atoms with van der Waals surface area (Å²) in [5.74, 6) is 0.214. The lowest BCUT2D eigenvalue weighted by atomic mass is 10.1. The fourth-order valence-electron chi connectivity index (χ4n) is 2.07. The Kier molecular flexibility index (Phi) is 3.74. The molecular weight excluding hydrogens is 280 g/mol. The Balaban J connectivity index is 1.93. The Morgan fingerprint density at radius 1 is 0.955 bits per heavy atom. The Morgan fingerprint density at radius 2 is 1.82 bits per heavy atom. The zero-order valence-electron chi connectivity index (χ0n) is 11.5. The van der Waals surface area contributed by atoms with E-state index >= 15 is 0 Å². The maximum atomic E-state index is 11.0. The Bertz CT molecular complexity index is 806. The number of nitro groups is 1. The summed E-state index contributed by atoms with van der Waals surface area (Å²) in [5, 5.41) is 14.0. The zero-order chi connectivity index (χ0) is 15.4. The molecule has 6 heteroatoms. The van der Waals surface area contributed by atoms with Crippen LogP contribution in [0.25, 0.3) is 11.3 Å². The van der Waals surface area contributed by atoms with Gasteiger partial charge >= 0.3 is 5.69 Å². The maximum absolute atomic E-state index is 11.0. The zero-order valence-corrected chi connectivity index (χ0v) is 11.5. The minimum absolute atomic E-state index is 0.0641. The van der Waals surface area contributed by atoms with Crippen molar-refractivity contribution in [2.45, 2.75) is 0 Å². The van der Waals surface area contributed by atoms with Crippen LogP contribution in [-0.4, -0.2) is 14.9 Å². The molecule has 0 saturated carbocycles. The minimum atomic E-state index is -0.460. The number of aromatic nitrogens is 2. The van der Waals surface area contributed by atoms with Crippen molar-refractivity contribution in [1.29, 1.82) is 0 Å². The van der Waals surface area contributed by atoms with Crippen molar-refractivity contribution in [1.82, 2.24) is 9.97 Å². The first-order chi connectivity index (χ1) is 10.7. The first-order valence-corrected chi connectivity index (χ1v) is 6.62. The van der Waals surface area contributed by atoms with Gasteiger partial charge in [0.15, 0.2) is 0 Å². The van der Waals surface area contributed by atoms with Crippen LogP contribution in [0.5, 0.6) is 0 Å². The van der Waals surface area contributed by atoms with Crippen molar-refractivity contribution in [2.75, 3.05) is 5.32 Å². The van der Waals surface area contributed by atoms with E-state index in [0.717, 1.165) is 11.3 Å². The lowest BCUT2D eigenvalue weighted by Gasteiger charge is -2.07. The van der Waals surface area contributed by atoms with Crippen LogP contribution in [0.2, 0.25) is 0 Å². The minimum Gasteiger partial charge on any atom is -0.334 e. The molecule has 0 aliphatic carbocycles. The molecule has 3 aromatic rings. The molecular formula is C16H12N4O2. The maximum Gasteiger partial charge on any atom is 0.311 e. The van der Waals surface area contributed by atoms with E-state index in [1.165, 1.54) is 18.3 Å². The lowest BCUT2D eigenvalue weighted by Crippen LogP contribution is -1.99. The SMILES string of the molecule is O=[N+]([O-])c1cccnc1Nc1cccc(-c2ccccn2)c1. The summed E-state index contributed by atoms with van der Waals surface area (Å²) in [6.45, 7) is 0. The summed E-state index contributed by atoms with van der Waals surface area (Å²) in [7, 11) is 0. The molecule has 0 saturated heterocycles. The van der Waals surface area contributed by atoms with Gasteiger partial charge in [-0.25, -0.2) is 4.98 Å². The van der Waals surface area contributed by atoms with Gasteiger partial charge in [0.05, 0.1) is 10.6 Å². The molecule has 0 bridgehead atoms. The van der Waals surface area contributed by atoms with E-state index in [1.807, 2.05) is 42.5 Å². The van der Waals surface area contributed by atoms with Gasteiger partial charge in [-0.1, -0.05) is 18.2 Å². The molecule has 6 nitrogen and oxygen atoms in total. The molecule has 108 valence electrons. The van der Waals surface area contributed by atoms with Crippen molar-refractivity contribution in [3.05, 3.63) is 77.1 Å². The Labute approximate surface area is 126 Å². The van der Waals surface area contributed by atoms with Crippen molar-refractivity contribution in [3.63, 3.8) is 0 Å². The summed E-state index contributed by atoms with van der Waals surface area (Å²) in [4.78, 5) is 18.9. The fraction of sp³-hybridized carbons (Fsp3) is 0. The van der Waals surface area contributed by atoms with Crippen molar-refractivity contribution >= 4 is 17.2 Å². The molecule has 0 fully saturated rings. The van der Waals surface area contributed by atoms with Crippen LogP contribution in [0.4, 0.5) is 17.2 Å². The molecule has 2 heterocycles. The first kappa shape index (κ1) is 13.7. The van der Waals surface area contributed by atoms with Crippen molar-refractivity contribution in [3.8, 4) is 11.3 Å². The molecule has 22 heavy (non-hydrogen) atoms. The summed E-state index contributed by atoms with van der Waals surface area (Å²) < 4.78 is 0. The largest absolute Gasteiger partial charge is 0.334 e. The topological polar surface area (TPSA) is 81.0 Å². The van der Waals surface area contributed by atoms with Crippen LogP contribution in [0.1, 0.15) is 0 Å². The van der Waals surface area contributed by atoms with Gasteiger partial charge in [0.25, 0.3) is 0 Å². The van der Waals surface area contributed by atoms with Crippen LogP contribution in [-0.2, 0) is 0 Å². The second-order valence-corrected chi connectivity index (χ2v) is 4.55. The summed E-state index contributed by atoms with van der Waals surface area (Å²) in [6.07, 6.45) is 3.23. The molecule has 0 unspecified atom stereocenters. The van der Waals surface area contributed by atoms with Crippen LogP contribution in [0.3, 0.4) is 0 Å². The third-order valence-corrected chi connectivity index (χ3v) is 3.07. The summed E-state index contributed by atoms with van der Waals surface area (Å²) in [5.41, 5.74) is 2.40. The molecule has 0 spiro atoms. The number of hydrogen-bond donors (Lipinski definition) is 1. The molecule has 1 aromatic carbocycles. The van der Waals surface area contributed by atoms with Gasteiger partial charge in [-0.3, -0.25) is 15.1 Å². The van der Waals surface area contributed by atoms with Crippen LogP contribution in [0, 0.1) is 10.1 Å². The molecule has 0 aliphatic heterocycles.